The van der Waals surface area contributed by atoms with Crippen LogP contribution in [0.25, 0.3) is 0 Å². The van der Waals surface area contributed by atoms with Crippen LogP contribution >= 0.6 is 11.8 Å². The Morgan fingerprint density at radius 1 is 1.23 bits per heavy atom. The van der Waals surface area contributed by atoms with Crippen LogP contribution < -0.4 is 10.2 Å². The number of nitrogens with one attached hydrogen (secondary N) is 1. The molecule has 2 aliphatic heterocycles. The van der Waals surface area contributed by atoms with E-state index in [1.54, 1.807) is 11.8 Å². The summed E-state index contributed by atoms with van der Waals surface area (Å²) in [5.41, 5.74) is 2.79. The van der Waals surface area contributed by atoms with E-state index in [9.17, 15) is 0 Å². The third-order valence-corrected chi connectivity index (χ3v) is 5.87. The Labute approximate surface area is 159 Å². The Morgan fingerprint density at radius 2 is 2.08 bits per heavy atom. The van der Waals surface area contributed by atoms with Crippen molar-refractivity contribution in [1.82, 2.24) is 15.3 Å². The molecule has 0 amide bonds. The van der Waals surface area contributed by atoms with Crippen molar-refractivity contribution >= 4 is 17.6 Å². The molecule has 4 rings (SSSR count). The van der Waals surface area contributed by atoms with E-state index < -0.39 is 0 Å². The average Bonchev–Trinajstić information content (AvgIpc) is 2.72. The highest BCUT2D eigenvalue weighted by atomic mass is 32.2. The summed E-state index contributed by atoms with van der Waals surface area (Å²) in [6.45, 7) is 3.79. The molecule has 1 atom stereocenters. The first-order valence-electron chi connectivity index (χ1n) is 9.38. The fourth-order valence-electron chi connectivity index (χ4n) is 3.84. The van der Waals surface area contributed by atoms with Gasteiger partial charge in [0.05, 0.1) is 12.7 Å². The molecule has 3 heterocycles. The van der Waals surface area contributed by atoms with Crippen molar-refractivity contribution in [3.63, 3.8) is 0 Å². The quantitative estimate of drug-likeness (QED) is 0.645. The summed E-state index contributed by atoms with van der Waals surface area (Å²) < 4.78 is 6.02. The van der Waals surface area contributed by atoms with Gasteiger partial charge in [-0.1, -0.05) is 36.0 Å². The number of piperidine rings is 1. The SMILES string of the molecule is CSc1nccc(N2CCC(NCC3OCCc4ccccc43)CC2)n1. The van der Waals surface area contributed by atoms with Gasteiger partial charge < -0.3 is 15.0 Å². The van der Waals surface area contributed by atoms with Crippen molar-refractivity contribution in [2.24, 2.45) is 0 Å². The minimum Gasteiger partial charge on any atom is -0.372 e. The number of nitrogens with zero attached hydrogens (tertiary/aromatic N) is 3. The highest BCUT2D eigenvalue weighted by Crippen LogP contribution is 2.27. The van der Waals surface area contributed by atoms with Gasteiger partial charge in [-0.15, -0.1) is 0 Å². The Bertz CT molecular complexity index is 733. The number of fused-ring (bicyclic) bond motifs is 1. The smallest absolute Gasteiger partial charge is 0.189 e. The molecule has 2 aliphatic rings. The first-order valence-corrected chi connectivity index (χ1v) is 10.6. The van der Waals surface area contributed by atoms with Crippen molar-refractivity contribution in [3.8, 4) is 0 Å². The maximum absolute atomic E-state index is 6.02. The van der Waals surface area contributed by atoms with Gasteiger partial charge in [-0.3, -0.25) is 0 Å². The maximum Gasteiger partial charge on any atom is 0.189 e. The number of benzene rings is 1. The van der Waals surface area contributed by atoms with E-state index in [0.29, 0.717) is 6.04 Å². The molecule has 0 bridgehead atoms. The lowest BCUT2D eigenvalue weighted by Gasteiger charge is -2.34. The molecule has 0 aliphatic carbocycles. The van der Waals surface area contributed by atoms with E-state index in [1.807, 2.05) is 18.5 Å². The van der Waals surface area contributed by atoms with E-state index in [-0.39, 0.29) is 6.10 Å². The molecule has 1 unspecified atom stereocenters. The first-order chi connectivity index (χ1) is 12.8. The lowest BCUT2D eigenvalue weighted by molar-refractivity contribution is 0.0400. The van der Waals surface area contributed by atoms with Crippen molar-refractivity contribution < 1.29 is 4.74 Å². The molecule has 26 heavy (non-hydrogen) atoms. The number of hydrogen-bond acceptors (Lipinski definition) is 6. The molecule has 1 aromatic heterocycles. The van der Waals surface area contributed by atoms with E-state index in [2.05, 4.69) is 44.5 Å². The van der Waals surface area contributed by atoms with Gasteiger partial charge in [0.1, 0.15) is 5.82 Å². The summed E-state index contributed by atoms with van der Waals surface area (Å²) in [6, 6.07) is 11.2. The monoisotopic (exact) mass is 370 g/mol. The third kappa shape index (κ3) is 4.03. The van der Waals surface area contributed by atoms with Gasteiger partial charge in [0, 0.05) is 31.9 Å². The third-order valence-electron chi connectivity index (χ3n) is 5.30. The van der Waals surface area contributed by atoms with Crippen molar-refractivity contribution in [3.05, 3.63) is 47.7 Å². The molecule has 5 nitrogen and oxygen atoms in total. The van der Waals surface area contributed by atoms with Crippen molar-refractivity contribution in [2.45, 2.75) is 36.6 Å². The molecule has 1 saturated heterocycles. The number of anilines is 1. The summed E-state index contributed by atoms with van der Waals surface area (Å²) in [5.74, 6) is 1.05. The summed E-state index contributed by atoms with van der Waals surface area (Å²) in [6.07, 6.45) is 7.35. The fraction of sp³-hybridized carbons (Fsp3) is 0.500. The Kier molecular flexibility index (Phi) is 5.72. The van der Waals surface area contributed by atoms with E-state index >= 15 is 0 Å². The zero-order valence-corrected chi connectivity index (χ0v) is 16.0. The van der Waals surface area contributed by atoms with Crippen molar-refractivity contribution in [2.75, 3.05) is 37.4 Å². The Morgan fingerprint density at radius 3 is 2.92 bits per heavy atom. The molecule has 2 aromatic rings. The van der Waals surface area contributed by atoms with Gasteiger partial charge in [-0.05, 0) is 42.7 Å². The van der Waals surface area contributed by atoms with E-state index in [0.717, 1.165) is 56.5 Å². The van der Waals surface area contributed by atoms with Crippen LogP contribution in [0.1, 0.15) is 30.1 Å². The van der Waals surface area contributed by atoms with Crippen LogP contribution in [0.2, 0.25) is 0 Å². The highest BCUT2D eigenvalue weighted by molar-refractivity contribution is 7.98. The predicted octanol–water partition coefficient (Wildman–Crippen LogP) is 3.07. The van der Waals surface area contributed by atoms with Crippen LogP contribution in [0.15, 0.2) is 41.7 Å². The number of rotatable bonds is 5. The molecule has 138 valence electrons. The predicted molar refractivity (Wildman–Crippen MR) is 106 cm³/mol. The standard InChI is InChI=1S/C20H26N4OS/c1-26-20-21-10-6-19(23-20)24-11-7-16(8-12-24)22-14-18-17-5-3-2-4-15(17)9-13-25-18/h2-6,10,16,18,22H,7-9,11-14H2,1H3. The maximum atomic E-state index is 6.02. The van der Waals surface area contributed by atoms with Gasteiger partial charge in [0.15, 0.2) is 5.16 Å². The largest absolute Gasteiger partial charge is 0.372 e. The number of thioether (sulfide) groups is 1. The zero-order valence-electron chi connectivity index (χ0n) is 15.2. The second-order valence-electron chi connectivity index (χ2n) is 6.88. The number of hydrogen-bond donors (Lipinski definition) is 1. The fourth-order valence-corrected chi connectivity index (χ4v) is 4.19. The molecule has 0 saturated carbocycles. The van der Waals surface area contributed by atoms with Crippen LogP contribution in [0.5, 0.6) is 0 Å². The Balaban J connectivity index is 1.29. The zero-order chi connectivity index (χ0) is 17.8. The van der Waals surface area contributed by atoms with Gasteiger partial charge in [-0.2, -0.15) is 0 Å². The summed E-state index contributed by atoms with van der Waals surface area (Å²) >= 11 is 1.59. The summed E-state index contributed by atoms with van der Waals surface area (Å²) in [4.78, 5) is 11.3. The normalized spacial score (nSPS) is 20.8. The van der Waals surface area contributed by atoms with Crippen LogP contribution in [-0.2, 0) is 11.2 Å². The average molecular weight is 371 g/mol. The molecular formula is C20H26N4OS. The summed E-state index contributed by atoms with van der Waals surface area (Å²) in [5, 5.41) is 4.58. The topological polar surface area (TPSA) is 50.3 Å². The molecule has 1 aromatic carbocycles. The molecule has 6 heteroatoms. The number of ether oxygens (including phenoxy) is 1. The second-order valence-corrected chi connectivity index (χ2v) is 7.65. The molecule has 0 radical (unpaired) electrons. The molecule has 1 fully saturated rings. The Hall–Kier alpha value is -1.63. The molecule has 0 spiro atoms. The first kappa shape index (κ1) is 17.8. The van der Waals surface area contributed by atoms with E-state index in [1.165, 1.54) is 11.1 Å². The lowest BCUT2D eigenvalue weighted by Crippen LogP contribution is -2.44. The van der Waals surface area contributed by atoms with Gasteiger partial charge in [-0.25, -0.2) is 9.97 Å². The van der Waals surface area contributed by atoms with Crippen molar-refractivity contribution in [1.29, 1.82) is 0 Å². The van der Waals surface area contributed by atoms with Crippen LogP contribution in [0.4, 0.5) is 5.82 Å². The lowest BCUT2D eigenvalue weighted by atomic mass is 9.97. The van der Waals surface area contributed by atoms with Gasteiger partial charge in [0.2, 0.25) is 0 Å². The van der Waals surface area contributed by atoms with Crippen LogP contribution in [0, 0.1) is 0 Å². The number of aromatic nitrogens is 2. The highest BCUT2D eigenvalue weighted by Gasteiger charge is 2.24. The van der Waals surface area contributed by atoms with Gasteiger partial charge in [0.25, 0.3) is 0 Å². The summed E-state index contributed by atoms with van der Waals surface area (Å²) in [7, 11) is 0. The molecule has 1 N–H and O–H groups in total. The molecular weight excluding hydrogens is 344 g/mol. The van der Waals surface area contributed by atoms with Crippen LogP contribution in [0.3, 0.4) is 0 Å². The van der Waals surface area contributed by atoms with E-state index in [4.69, 9.17) is 4.74 Å². The van der Waals surface area contributed by atoms with Crippen LogP contribution in [-0.4, -0.2) is 48.5 Å². The minimum absolute atomic E-state index is 0.184. The second kappa shape index (κ2) is 8.37. The minimum atomic E-state index is 0.184. The van der Waals surface area contributed by atoms with Gasteiger partial charge >= 0.3 is 0 Å².